The number of rotatable bonds is 2. The molecule has 1 unspecified atom stereocenters. The summed E-state index contributed by atoms with van der Waals surface area (Å²) >= 11 is 0. The maximum absolute atomic E-state index is 12.7. The van der Waals surface area contributed by atoms with E-state index in [0.29, 0.717) is 11.7 Å². The van der Waals surface area contributed by atoms with E-state index < -0.39 is 0 Å². The van der Waals surface area contributed by atoms with Crippen LogP contribution in [0.1, 0.15) is 29.8 Å². The van der Waals surface area contributed by atoms with Gasteiger partial charge in [-0.15, -0.1) is 0 Å². The molecule has 0 aliphatic carbocycles. The van der Waals surface area contributed by atoms with E-state index >= 15 is 0 Å². The molecule has 4 nitrogen and oxygen atoms in total. The van der Waals surface area contributed by atoms with Crippen molar-refractivity contribution in [2.45, 2.75) is 25.3 Å². The van der Waals surface area contributed by atoms with Crippen LogP contribution in [0.25, 0.3) is 10.8 Å². The van der Waals surface area contributed by atoms with Gasteiger partial charge in [-0.25, -0.2) is 0 Å². The number of fused-ring (bicyclic) bond motifs is 1. The van der Waals surface area contributed by atoms with Crippen LogP contribution in [-0.2, 0) is 0 Å². The van der Waals surface area contributed by atoms with Crippen molar-refractivity contribution in [2.24, 2.45) is 0 Å². The van der Waals surface area contributed by atoms with E-state index in [1.165, 1.54) is 0 Å². The number of hydrogen-bond donors (Lipinski definition) is 0. The summed E-state index contributed by atoms with van der Waals surface area (Å²) in [6.07, 6.45) is 5.04. The second-order valence-corrected chi connectivity index (χ2v) is 6.26. The molecule has 3 rings (SSSR count). The summed E-state index contributed by atoms with van der Waals surface area (Å²) in [7, 11) is 4.24. The van der Waals surface area contributed by atoms with E-state index in [-0.39, 0.29) is 5.91 Å². The number of aromatic nitrogens is 1. The van der Waals surface area contributed by atoms with Crippen molar-refractivity contribution in [3.05, 3.63) is 42.2 Å². The number of pyridine rings is 1. The van der Waals surface area contributed by atoms with Gasteiger partial charge in [0.2, 0.25) is 0 Å². The van der Waals surface area contributed by atoms with Crippen LogP contribution in [0, 0.1) is 0 Å². The Balaban J connectivity index is 1.77. The number of nitrogens with zero attached hydrogens (tertiary/aromatic N) is 3. The van der Waals surface area contributed by atoms with E-state index in [2.05, 4.69) is 24.0 Å². The number of carbonyl (C=O) groups is 1. The van der Waals surface area contributed by atoms with Gasteiger partial charge in [0, 0.05) is 30.7 Å². The van der Waals surface area contributed by atoms with Crippen LogP contribution in [-0.4, -0.2) is 53.9 Å². The van der Waals surface area contributed by atoms with Gasteiger partial charge >= 0.3 is 0 Å². The summed E-state index contributed by atoms with van der Waals surface area (Å²) in [5.41, 5.74) is 0.557. The summed E-state index contributed by atoms with van der Waals surface area (Å²) in [5, 5.41) is 2.14. The fraction of sp³-hybridized carbons (Fsp3) is 0.444. The van der Waals surface area contributed by atoms with Gasteiger partial charge in [0.25, 0.3) is 5.91 Å². The van der Waals surface area contributed by atoms with Crippen LogP contribution in [0.5, 0.6) is 0 Å². The van der Waals surface area contributed by atoms with Gasteiger partial charge in [0.05, 0.1) is 0 Å². The van der Waals surface area contributed by atoms with Gasteiger partial charge in [-0.05, 0) is 44.8 Å². The van der Waals surface area contributed by atoms with Crippen molar-refractivity contribution >= 4 is 16.7 Å². The Labute approximate surface area is 131 Å². The third kappa shape index (κ3) is 3.12. The number of amides is 1. The highest BCUT2D eigenvalue weighted by molar-refractivity contribution is 5.96. The lowest BCUT2D eigenvalue weighted by atomic mass is 10.1. The first kappa shape index (κ1) is 15.0. The summed E-state index contributed by atoms with van der Waals surface area (Å²) in [6.45, 7) is 1.65. The molecule has 22 heavy (non-hydrogen) atoms. The van der Waals surface area contributed by atoms with E-state index in [0.717, 1.165) is 43.1 Å². The molecule has 0 saturated carbocycles. The molecule has 1 aromatic carbocycles. The number of hydrogen-bond acceptors (Lipinski definition) is 3. The lowest BCUT2D eigenvalue weighted by Gasteiger charge is -2.23. The fourth-order valence-corrected chi connectivity index (χ4v) is 3.16. The lowest BCUT2D eigenvalue weighted by molar-refractivity contribution is 0.0753. The predicted octanol–water partition coefficient (Wildman–Crippen LogP) is 2.79. The van der Waals surface area contributed by atoms with Crippen molar-refractivity contribution in [3.63, 3.8) is 0 Å². The van der Waals surface area contributed by atoms with Crippen molar-refractivity contribution < 1.29 is 4.79 Å². The minimum atomic E-state index is 0.0603. The standard InChI is InChI=1S/C18H23N3O/c1-20(2)16-8-5-10-21(11-9-16)18(22)17-12-14-6-3-4-7-15(14)13-19-17/h3-4,6-7,12-13,16H,5,8-11H2,1-2H3. The molecule has 1 aliphatic rings. The zero-order valence-electron chi connectivity index (χ0n) is 13.3. The minimum absolute atomic E-state index is 0.0603. The Morgan fingerprint density at radius 1 is 1.18 bits per heavy atom. The second-order valence-electron chi connectivity index (χ2n) is 6.26. The van der Waals surface area contributed by atoms with Crippen LogP contribution >= 0.6 is 0 Å². The van der Waals surface area contributed by atoms with Crippen LogP contribution in [0.2, 0.25) is 0 Å². The lowest BCUT2D eigenvalue weighted by Crippen LogP contribution is -2.34. The van der Waals surface area contributed by atoms with Crippen molar-refractivity contribution in [1.29, 1.82) is 0 Å². The molecule has 1 aliphatic heterocycles. The fourth-order valence-electron chi connectivity index (χ4n) is 3.16. The third-order valence-electron chi connectivity index (χ3n) is 4.57. The minimum Gasteiger partial charge on any atom is -0.337 e. The molecule has 116 valence electrons. The van der Waals surface area contributed by atoms with Gasteiger partial charge in [-0.3, -0.25) is 9.78 Å². The van der Waals surface area contributed by atoms with Crippen molar-refractivity contribution in [2.75, 3.05) is 27.2 Å². The zero-order valence-corrected chi connectivity index (χ0v) is 13.3. The smallest absolute Gasteiger partial charge is 0.272 e. The third-order valence-corrected chi connectivity index (χ3v) is 4.57. The molecule has 0 spiro atoms. The Bertz CT molecular complexity index is 668. The largest absolute Gasteiger partial charge is 0.337 e. The van der Waals surface area contributed by atoms with Gasteiger partial charge in [-0.1, -0.05) is 24.3 Å². The highest BCUT2D eigenvalue weighted by Crippen LogP contribution is 2.18. The zero-order chi connectivity index (χ0) is 15.5. The molecule has 0 N–H and O–H groups in total. The molecule has 1 fully saturated rings. The second kappa shape index (κ2) is 6.44. The molecule has 2 heterocycles. The quantitative estimate of drug-likeness (QED) is 0.855. The average Bonchev–Trinajstić information content (AvgIpc) is 2.80. The van der Waals surface area contributed by atoms with Gasteiger partial charge in [0.1, 0.15) is 5.69 Å². The first-order valence-electron chi connectivity index (χ1n) is 7.95. The maximum Gasteiger partial charge on any atom is 0.272 e. The van der Waals surface area contributed by atoms with Crippen LogP contribution < -0.4 is 0 Å². The topological polar surface area (TPSA) is 36.4 Å². The summed E-state index contributed by atoms with van der Waals surface area (Å²) < 4.78 is 0. The molecular formula is C18H23N3O. The number of carbonyl (C=O) groups excluding carboxylic acids is 1. The highest BCUT2D eigenvalue weighted by Gasteiger charge is 2.23. The Morgan fingerprint density at radius 2 is 1.95 bits per heavy atom. The molecular weight excluding hydrogens is 274 g/mol. The molecule has 1 atom stereocenters. The number of benzene rings is 1. The summed E-state index contributed by atoms with van der Waals surface area (Å²) in [5.74, 6) is 0.0603. The average molecular weight is 297 g/mol. The van der Waals surface area contributed by atoms with Crippen molar-refractivity contribution in [3.8, 4) is 0 Å². The van der Waals surface area contributed by atoms with E-state index in [9.17, 15) is 4.79 Å². The maximum atomic E-state index is 12.7. The van der Waals surface area contributed by atoms with E-state index in [1.807, 2.05) is 35.2 Å². The van der Waals surface area contributed by atoms with Gasteiger partial charge in [-0.2, -0.15) is 0 Å². The van der Waals surface area contributed by atoms with E-state index in [1.54, 1.807) is 6.20 Å². The molecule has 4 heteroatoms. The van der Waals surface area contributed by atoms with Gasteiger partial charge < -0.3 is 9.80 Å². The monoisotopic (exact) mass is 297 g/mol. The van der Waals surface area contributed by atoms with Crippen LogP contribution in [0.4, 0.5) is 0 Å². The summed E-state index contributed by atoms with van der Waals surface area (Å²) in [4.78, 5) is 21.3. The predicted molar refractivity (Wildman–Crippen MR) is 89.0 cm³/mol. The van der Waals surface area contributed by atoms with Crippen molar-refractivity contribution in [1.82, 2.24) is 14.8 Å². The first-order chi connectivity index (χ1) is 10.6. The van der Waals surface area contributed by atoms with Crippen LogP contribution in [0.3, 0.4) is 0 Å². The number of likely N-dealkylation sites (tertiary alicyclic amines) is 1. The van der Waals surface area contributed by atoms with Crippen LogP contribution in [0.15, 0.2) is 36.5 Å². The van der Waals surface area contributed by atoms with E-state index in [4.69, 9.17) is 0 Å². The molecule has 1 amide bonds. The van der Waals surface area contributed by atoms with Gasteiger partial charge in [0.15, 0.2) is 0 Å². The molecule has 1 saturated heterocycles. The molecule has 0 radical (unpaired) electrons. The molecule has 1 aromatic heterocycles. The Kier molecular flexibility index (Phi) is 4.39. The highest BCUT2D eigenvalue weighted by atomic mass is 16.2. The first-order valence-corrected chi connectivity index (χ1v) is 7.95. The normalized spacial score (nSPS) is 19.4. The molecule has 0 bridgehead atoms. The Hall–Kier alpha value is -1.94. The molecule has 2 aromatic rings. The summed E-state index contributed by atoms with van der Waals surface area (Å²) in [6, 6.07) is 10.5. The Morgan fingerprint density at radius 3 is 2.73 bits per heavy atom. The SMILES string of the molecule is CN(C)C1CCCN(C(=O)c2cc3ccccc3cn2)CC1.